The number of pyridine rings is 1. The number of nitrogens with zero attached hydrogens (tertiary/aromatic N) is 5. The minimum atomic E-state index is -1.39. The summed E-state index contributed by atoms with van der Waals surface area (Å²) in [5.74, 6) is -6.10. The number of rotatable bonds is 7. The molecule has 260 valence electrons. The van der Waals surface area contributed by atoms with Crippen molar-refractivity contribution in [3.05, 3.63) is 68.3 Å². The van der Waals surface area contributed by atoms with Gasteiger partial charge >= 0.3 is 0 Å². The second kappa shape index (κ2) is 13.5. The van der Waals surface area contributed by atoms with Crippen LogP contribution in [0.3, 0.4) is 0 Å². The number of aliphatic imine (C=N–C) groups is 2. The molecule has 14 heteroatoms. The molecule has 3 heterocycles. The van der Waals surface area contributed by atoms with E-state index in [4.69, 9.17) is 27.9 Å². The summed E-state index contributed by atoms with van der Waals surface area (Å²) in [6.45, 7) is 16.7. The lowest BCUT2D eigenvalue weighted by atomic mass is 9.95. The molecule has 3 aromatic rings. The van der Waals surface area contributed by atoms with Gasteiger partial charge in [0.2, 0.25) is 11.7 Å². The normalized spacial score (nSPS) is 18.3. The van der Waals surface area contributed by atoms with Crippen LogP contribution in [0.1, 0.15) is 34.6 Å². The lowest BCUT2D eigenvalue weighted by Crippen LogP contribution is -2.62. The number of anilines is 1. The Balaban J connectivity index is 2.02. The minimum absolute atomic E-state index is 0.0146. The minimum Gasteiger partial charge on any atom is -0.506 e. The average molecular weight is 719 g/mol. The largest absolute Gasteiger partial charge is 0.506 e. The maximum atomic E-state index is 17.5. The third-order valence-corrected chi connectivity index (χ3v) is 9.46. The third-order valence-electron chi connectivity index (χ3n) is 8.90. The fourth-order valence-electron chi connectivity index (χ4n) is 6.69. The van der Waals surface area contributed by atoms with Crippen LogP contribution in [0.25, 0.3) is 27.7 Å². The lowest BCUT2D eigenvalue weighted by molar-refractivity contribution is -0.129. The van der Waals surface area contributed by atoms with Gasteiger partial charge in [0.1, 0.15) is 18.2 Å². The highest BCUT2D eigenvalue weighted by atomic mass is 35.5. The Morgan fingerprint density at radius 2 is 1.76 bits per heavy atom. The van der Waals surface area contributed by atoms with Gasteiger partial charge in [-0.1, -0.05) is 57.5 Å². The number of hydrogen-bond donors (Lipinski definition) is 1. The Labute approximate surface area is 291 Å². The number of amides is 1. The number of halogens is 5. The molecule has 2 aromatic carbocycles. The molecule has 0 bridgehead atoms. The van der Waals surface area contributed by atoms with E-state index in [1.807, 2.05) is 20.8 Å². The first kappa shape index (κ1) is 36.0. The fourth-order valence-corrected chi connectivity index (χ4v) is 7.16. The van der Waals surface area contributed by atoms with Crippen molar-refractivity contribution in [2.75, 3.05) is 31.6 Å². The van der Waals surface area contributed by atoms with Gasteiger partial charge in [-0.15, -0.1) is 0 Å². The van der Waals surface area contributed by atoms with E-state index in [0.717, 1.165) is 16.7 Å². The highest BCUT2D eigenvalue weighted by Crippen LogP contribution is 2.48. The quantitative estimate of drug-likeness (QED) is 0.157. The summed E-state index contributed by atoms with van der Waals surface area (Å²) in [5, 5.41) is 9.70. The lowest BCUT2D eigenvalue weighted by Gasteiger charge is -2.48. The van der Waals surface area contributed by atoms with Crippen molar-refractivity contribution in [1.29, 1.82) is 0 Å². The molecule has 2 aliphatic rings. The van der Waals surface area contributed by atoms with Crippen molar-refractivity contribution in [3.8, 4) is 22.6 Å². The Kier molecular flexibility index (Phi) is 9.96. The number of carbonyl (C=O) groups excluding carboxylic acids is 1. The highest BCUT2D eigenvalue weighted by molar-refractivity contribution is 6.36. The number of ether oxygens (including phenoxy) is 1. The number of phenolic OH excluding ortho intramolecular Hbond substituents is 1. The molecule has 5 rings (SSSR count). The van der Waals surface area contributed by atoms with Crippen LogP contribution in [-0.4, -0.2) is 71.7 Å². The number of piperazine rings is 1. The first-order chi connectivity index (χ1) is 23.1. The molecule has 0 spiro atoms. The second-order valence-corrected chi connectivity index (χ2v) is 13.4. The number of carbonyl (C=O) groups is 1. The van der Waals surface area contributed by atoms with Gasteiger partial charge in [-0.3, -0.25) is 24.1 Å². The van der Waals surface area contributed by atoms with Crippen LogP contribution in [0.5, 0.6) is 11.5 Å². The van der Waals surface area contributed by atoms with E-state index in [1.165, 1.54) is 13.1 Å². The fraction of sp³-hybridized carbons (Fsp3) is 0.371. The van der Waals surface area contributed by atoms with Crippen molar-refractivity contribution in [1.82, 2.24) is 9.47 Å². The summed E-state index contributed by atoms with van der Waals surface area (Å²) >= 11 is 12.1. The maximum Gasteiger partial charge on any atom is 0.300 e. The predicted octanol–water partition coefficient (Wildman–Crippen LogP) is 7.33. The zero-order valence-corrected chi connectivity index (χ0v) is 29.4. The standard InChI is InChI=1S/C35H36Cl2F3N5O4/c1-9-23(46)43-13-18-14-49-34-31(44(18)12-17(43)6)19-10-22(38)24(25-26(39)20(36)11-21(37)33(25)47)27(40)30(19)45(35(34)48)32(28(41-7)15(2)3)29(42-8)16(4)5/h9-11,15-18,47H,1,7,12-14H2,2-6,8H3/b32-28+,42-29?. The molecule has 2 unspecified atom stereocenters. The molecule has 1 N–H and O–H groups in total. The Bertz CT molecular complexity index is 2020. The number of allylic oxidation sites excluding steroid dienone is 2. The van der Waals surface area contributed by atoms with Crippen molar-refractivity contribution in [2.24, 2.45) is 21.8 Å². The monoisotopic (exact) mass is 717 g/mol. The third kappa shape index (κ3) is 5.78. The second-order valence-electron chi connectivity index (χ2n) is 12.6. The van der Waals surface area contributed by atoms with Crippen molar-refractivity contribution in [2.45, 2.75) is 46.7 Å². The first-order valence-corrected chi connectivity index (χ1v) is 16.3. The van der Waals surface area contributed by atoms with E-state index < -0.39 is 61.5 Å². The summed E-state index contributed by atoms with van der Waals surface area (Å²) in [5.41, 5.74) is -2.39. The average Bonchev–Trinajstić information content (AvgIpc) is 3.04. The van der Waals surface area contributed by atoms with Gasteiger partial charge in [0.05, 0.1) is 55.5 Å². The van der Waals surface area contributed by atoms with E-state index in [-0.39, 0.29) is 71.7 Å². The van der Waals surface area contributed by atoms with E-state index in [1.54, 1.807) is 23.6 Å². The number of aromatic hydroxyl groups is 1. The van der Waals surface area contributed by atoms with E-state index in [0.29, 0.717) is 5.71 Å². The van der Waals surface area contributed by atoms with Crippen LogP contribution in [0.2, 0.25) is 10.0 Å². The van der Waals surface area contributed by atoms with Crippen LogP contribution in [0, 0.1) is 29.3 Å². The Morgan fingerprint density at radius 3 is 2.33 bits per heavy atom. The van der Waals surface area contributed by atoms with Gasteiger partial charge in [-0.2, -0.15) is 0 Å². The number of aromatic nitrogens is 1. The van der Waals surface area contributed by atoms with Crippen LogP contribution < -0.4 is 15.2 Å². The van der Waals surface area contributed by atoms with Gasteiger partial charge in [0.25, 0.3) is 5.56 Å². The van der Waals surface area contributed by atoms with Gasteiger partial charge < -0.3 is 19.6 Å². The van der Waals surface area contributed by atoms with Gasteiger partial charge in [-0.25, -0.2) is 13.2 Å². The molecule has 1 amide bonds. The zero-order valence-electron chi connectivity index (χ0n) is 27.9. The van der Waals surface area contributed by atoms with Crippen LogP contribution in [0.15, 0.2) is 45.3 Å². The van der Waals surface area contributed by atoms with E-state index in [9.17, 15) is 14.7 Å². The molecular weight excluding hydrogens is 682 g/mol. The van der Waals surface area contributed by atoms with Crippen LogP contribution >= 0.6 is 23.2 Å². The van der Waals surface area contributed by atoms with Gasteiger partial charge in [0.15, 0.2) is 11.6 Å². The first-order valence-electron chi connectivity index (χ1n) is 15.6. The molecule has 0 aliphatic carbocycles. The SMILES string of the molecule is C=CC(=O)N1CC2COc3c(c4cc(F)c(-c5c(O)c(Cl)cc(Cl)c5F)c(F)c4n(/C(C(=NC)C(C)C)=C(/N=C)C(C)C)c3=O)N2CC1C. The van der Waals surface area contributed by atoms with Crippen LogP contribution in [-0.2, 0) is 4.79 Å². The van der Waals surface area contributed by atoms with Gasteiger partial charge in [-0.05, 0) is 43.7 Å². The van der Waals surface area contributed by atoms with E-state index in [2.05, 4.69) is 23.3 Å². The maximum absolute atomic E-state index is 17.5. The molecule has 49 heavy (non-hydrogen) atoms. The molecule has 2 atom stereocenters. The Hall–Kier alpha value is -4.29. The number of fused-ring (bicyclic) bond motifs is 5. The summed E-state index contributed by atoms with van der Waals surface area (Å²) in [4.78, 5) is 39.5. The van der Waals surface area contributed by atoms with Gasteiger partial charge in [0, 0.05) is 31.6 Å². The topological polar surface area (TPSA) is 99.7 Å². The van der Waals surface area contributed by atoms with Crippen LogP contribution in [0.4, 0.5) is 18.9 Å². The van der Waals surface area contributed by atoms with Crippen molar-refractivity contribution in [3.63, 3.8) is 0 Å². The highest BCUT2D eigenvalue weighted by Gasteiger charge is 2.42. The number of hydrogen-bond acceptors (Lipinski definition) is 7. The molecule has 0 radical (unpaired) electrons. The molecular formula is C35H36Cl2F3N5O4. The van der Waals surface area contributed by atoms with Crippen molar-refractivity contribution < 1.29 is 27.8 Å². The van der Waals surface area contributed by atoms with Crippen molar-refractivity contribution >= 4 is 63.8 Å². The molecule has 2 aliphatic heterocycles. The molecule has 1 fully saturated rings. The predicted molar refractivity (Wildman–Crippen MR) is 189 cm³/mol. The zero-order chi connectivity index (χ0) is 36.2. The molecule has 1 saturated heterocycles. The van der Waals surface area contributed by atoms with E-state index >= 15 is 13.2 Å². The number of benzene rings is 2. The summed E-state index contributed by atoms with van der Waals surface area (Å²) < 4.78 is 56.6. The summed E-state index contributed by atoms with van der Waals surface area (Å²) in [7, 11) is 1.51. The summed E-state index contributed by atoms with van der Waals surface area (Å²) in [6, 6.07) is 0.990. The molecule has 1 aromatic heterocycles. The smallest absolute Gasteiger partial charge is 0.300 e. The summed E-state index contributed by atoms with van der Waals surface area (Å²) in [6.07, 6.45) is 1.20. The Morgan fingerprint density at radius 1 is 1.08 bits per heavy atom. The molecule has 0 saturated carbocycles. The number of phenols is 1. The molecule has 9 nitrogen and oxygen atoms in total.